The Balaban J connectivity index is 1.63. The van der Waals surface area contributed by atoms with Gasteiger partial charge in [0.2, 0.25) is 0 Å². The maximum atomic E-state index is 12.9. The molecule has 1 aliphatic carbocycles. The van der Waals surface area contributed by atoms with Crippen molar-refractivity contribution >= 4 is 34.3 Å². The first kappa shape index (κ1) is 17.7. The highest BCUT2D eigenvalue weighted by Crippen LogP contribution is 2.29. The molecule has 1 heterocycles. The van der Waals surface area contributed by atoms with Crippen LogP contribution in [0.5, 0.6) is 0 Å². The second-order valence-corrected chi connectivity index (χ2v) is 7.08. The Morgan fingerprint density at radius 3 is 2.70 bits per heavy atom. The van der Waals surface area contributed by atoms with Crippen molar-refractivity contribution in [3.8, 4) is 0 Å². The van der Waals surface area contributed by atoms with Gasteiger partial charge in [0, 0.05) is 21.7 Å². The number of para-hydroxylation sites is 1. The van der Waals surface area contributed by atoms with E-state index in [9.17, 15) is 9.59 Å². The molecule has 2 aromatic carbocycles. The van der Waals surface area contributed by atoms with Crippen molar-refractivity contribution in [2.24, 2.45) is 0 Å². The van der Waals surface area contributed by atoms with Crippen LogP contribution in [0.4, 0.5) is 0 Å². The van der Waals surface area contributed by atoms with E-state index >= 15 is 0 Å². The summed E-state index contributed by atoms with van der Waals surface area (Å²) in [5.41, 5.74) is 3.69. The molecule has 0 amide bonds. The van der Waals surface area contributed by atoms with Gasteiger partial charge in [0.05, 0.1) is 11.1 Å². The number of hydrogen-bond donors (Lipinski definition) is 0. The van der Waals surface area contributed by atoms with E-state index in [4.69, 9.17) is 21.3 Å². The molecule has 4 rings (SSSR count). The maximum Gasteiger partial charge on any atom is 0.339 e. The van der Waals surface area contributed by atoms with Crippen molar-refractivity contribution < 1.29 is 14.3 Å². The first-order valence-electron chi connectivity index (χ1n) is 9.00. The number of nitrogens with zero attached hydrogens (tertiary/aromatic N) is 1. The van der Waals surface area contributed by atoms with E-state index in [1.165, 1.54) is 0 Å². The van der Waals surface area contributed by atoms with Crippen molar-refractivity contribution in [2.45, 2.75) is 25.7 Å². The highest BCUT2D eigenvalue weighted by atomic mass is 35.5. The van der Waals surface area contributed by atoms with Gasteiger partial charge < -0.3 is 4.74 Å². The van der Waals surface area contributed by atoms with Gasteiger partial charge in [-0.3, -0.25) is 9.78 Å². The third-order valence-corrected chi connectivity index (χ3v) is 5.09. The molecular formula is C22H18ClNO3. The molecule has 4 nitrogen and oxygen atoms in total. The molecule has 0 unspecified atom stereocenters. The Labute approximate surface area is 162 Å². The number of pyridine rings is 1. The lowest BCUT2D eigenvalue weighted by Crippen LogP contribution is -2.18. The molecule has 136 valence electrons. The van der Waals surface area contributed by atoms with E-state index in [-0.39, 0.29) is 12.4 Å². The lowest BCUT2D eigenvalue weighted by atomic mass is 9.90. The van der Waals surface area contributed by atoms with Gasteiger partial charge in [0.15, 0.2) is 12.4 Å². The highest BCUT2D eigenvalue weighted by molar-refractivity contribution is 6.31. The van der Waals surface area contributed by atoms with Gasteiger partial charge in [-0.1, -0.05) is 41.9 Å². The Kier molecular flexibility index (Phi) is 4.90. The van der Waals surface area contributed by atoms with E-state index in [0.717, 1.165) is 47.8 Å². The van der Waals surface area contributed by atoms with Crippen LogP contribution in [-0.2, 0) is 17.6 Å². The molecule has 0 fully saturated rings. The third kappa shape index (κ3) is 3.58. The fourth-order valence-electron chi connectivity index (χ4n) is 3.55. The van der Waals surface area contributed by atoms with Crippen LogP contribution in [0, 0.1) is 0 Å². The molecule has 3 aromatic rings. The summed E-state index contributed by atoms with van der Waals surface area (Å²) in [5, 5.41) is 1.25. The Bertz CT molecular complexity index is 1040. The zero-order valence-electron chi connectivity index (χ0n) is 14.7. The molecule has 1 aromatic heterocycles. The van der Waals surface area contributed by atoms with Crippen molar-refractivity contribution in [1.29, 1.82) is 0 Å². The number of ketones is 1. The molecule has 0 N–H and O–H groups in total. The number of halogens is 1. The molecule has 1 aliphatic rings. The minimum atomic E-state index is -0.470. The van der Waals surface area contributed by atoms with Gasteiger partial charge >= 0.3 is 5.97 Å². The first-order valence-corrected chi connectivity index (χ1v) is 9.37. The Morgan fingerprint density at radius 2 is 1.85 bits per heavy atom. The third-order valence-electron chi connectivity index (χ3n) is 4.85. The quantitative estimate of drug-likeness (QED) is 0.482. The topological polar surface area (TPSA) is 56.3 Å². The largest absolute Gasteiger partial charge is 0.454 e. The van der Waals surface area contributed by atoms with Crippen LogP contribution in [0.1, 0.15) is 44.8 Å². The zero-order valence-corrected chi connectivity index (χ0v) is 15.5. The normalized spacial score (nSPS) is 13.2. The lowest BCUT2D eigenvalue weighted by molar-refractivity contribution is 0.0475. The fraction of sp³-hybridized carbons (Fsp3) is 0.227. The van der Waals surface area contributed by atoms with Crippen LogP contribution in [0.3, 0.4) is 0 Å². The van der Waals surface area contributed by atoms with Crippen LogP contribution < -0.4 is 0 Å². The maximum absolute atomic E-state index is 12.9. The summed E-state index contributed by atoms with van der Waals surface area (Å²) in [5.74, 6) is -0.750. The average Bonchev–Trinajstić information content (AvgIpc) is 2.70. The van der Waals surface area contributed by atoms with Gasteiger partial charge in [0.25, 0.3) is 0 Å². The summed E-state index contributed by atoms with van der Waals surface area (Å²) < 4.78 is 5.40. The number of carbonyl (C=O) groups is 2. The van der Waals surface area contributed by atoms with E-state index in [2.05, 4.69) is 0 Å². The molecule has 27 heavy (non-hydrogen) atoms. The number of aromatic nitrogens is 1. The number of ether oxygens (including phenoxy) is 1. The first-order chi connectivity index (χ1) is 13.1. The number of carbonyl (C=O) groups excluding carboxylic acids is 2. The van der Waals surface area contributed by atoms with Crippen LogP contribution in [0.2, 0.25) is 5.02 Å². The minimum Gasteiger partial charge on any atom is -0.454 e. The van der Waals surface area contributed by atoms with Crippen molar-refractivity contribution in [2.75, 3.05) is 6.61 Å². The molecule has 0 saturated carbocycles. The zero-order chi connectivity index (χ0) is 18.8. The Morgan fingerprint density at radius 1 is 1.04 bits per heavy atom. The van der Waals surface area contributed by atoms with Crippen molar-refractivity contribution in [3.05, 3.63) is 75.9 Å². The number of benzene rings is 2. The molecule has 5 heteroatoms. The van der Waals surface area contributed by atoms with E-state index in [0.29, 0.717) is 16.1 Å². The summed E-state index contributed by atoms with van der Waals surface area (Å²) in [4.78, 5) is 30.0. The molecule has 0 radical (unpaired) electrons. The van der Waals surface area contributed by atoms with Gasteiger partial charge in [-0.05, 0) is 49.4 Å². The molecule has 0 saturated heterocycles. The molecule has 0 bridgehead atoms. The number of esters is 1. The average molecular weight is 380 g/mol. The second-order valence-electron chi connectivity index (χ2n) is 6.65. The van der Waals surface area contributed by atoms with Crippen LogP contribution in [-0.4, -0.2) is 23.3 Å². The fourth-order valence-corrected chi connectivity index (χ4v) is 3.74. The van der Waals surface area contributed by atoms with Gasteiger partial charge in [0.1, 0.15) is 0 Å². The predicted molar refractivity (Wildman–Crippen MR) is 104 cm³/mol. The van der Waals surface area contributed by atoms with Crippen LogP contribution in [0.25, 0.3) is 10.9 Å². The lowest BCUT2D eigenvalue weighted by Gasteiger charge is -2.19. The number of fused-ring (bicyclic) bond motifs is 2. The Hall–Kier alpha value is -2.72. The number of rotatable bonds is 4. The molecule has 0 atom stereocenters. The standard InChI is InChI=1S/C22H18ClNO3/c23-15-7-5-6-14(12-15)20(25)13-27-22(26)21-16-8-1-3-10-18(16)24-19-11-4-2-9-17(19)21/h1,3,5-8,10,12H,2,4,9,11,13H2. The van der Waals surface area contributed by atoms with Gasteiger partial charge in [-0.15, -0.1) is 0 Å². The molecule has 0 aliphatic heterocycles. The minimum absolute atomic E-state index is 0.280. The molecule has 0 spiro atoms. The van der Waals surface area contributed by atoms with E-state index < -0.39 is 5.97 Å². The summed E-state index contributed by atoms with van der Waals surface area (Å²) in [6.45, 7) is -0.315. The summed E-state index contributed by atoms with van der Waals surface area (Å²) in [7, 11) is 0. The second kappa shape index (κ2) is 7.49. The van der Waals surface area contributed by atoms with Gasteiger partial charge in [-0.2, -0.15) is 0 Å². The summed E-state index contributed by atoms with van der Waals surface area (Å²) in [6, 6.07) is 14.2. The monoisotopic (exact) mass is 379 g/mol. The van der Waals surface area contributed by atoms with Crippen LogP contribution >= 0.6 is 11.6 Å². The smallest absolute Gasteiger partial charge is 0.339 e. The SMILES string of the molecule is O=C(COC(=O)c1c2c(nc3ccccc13)CCCC2)c1cccc(Cl)c1. The number of Topliss-reactive ketones (excluding diaryl/α,β-unsaturated/α-hetero) is 1. The number of aryl methyl sites for hydroxylation is 1. The van der Waals surface area contributed by atoms with Crippen LogP contribution in [0.15, 0.2) is 48.5 Å². The van der Waals surface area contributed by atoms with Crippen molar-refractivity contribution in [1.82, 2.24) is 4.98 Å². The highest BCUT2D eigenvalue weighted by Gasteiger charge is 2.24. The van der Waals surface area contributed by atoms with Gasteiger partial charge in [-0.25, -0.2) is 4.79 Å². The summed E-state index contributed by atoms with van der Waals surface area (Å²) >= 11 is 5.93. The van der Waals surface area contributed by atoms with E-state index in [1.807, 2.05) is 24.3 Å². The molecular weight excluding hydrogens is 362 g/mol. The van der Waals surface area contributed by atoms with E-state index in [1.54, 1.807) is 24.3 Å². The summed E-state index contributed by atoms with van der Waals surface area (Å²) in [6.07, 6.45) is 3.76. The number of hydrogen-bond acceptors (Lipinski definition) is 4. The predicted octanol–water partition coefficient (Wildman–Crippen LogP) is 4.81. The van der Waals surface area contributed by atoms with Crippen molar-refractivity contribution in [3.63, 3.8) is 0 Å².